The van der Waals surface area contributed by atoms with Gasteiger partial charge in [0.25, 0.3) is 0 Å². The maximum absolute atomic E-state index is 11.6. The number of carbonyl (C=O) groups is 2. The largest absolute Gasteiger partial charge is 0.477 e. The summed E-state index contributed by atoms with van der Waals surface area (Å²) in [5.41, 5.74) is 1.74. The van der Waals surface area contributed by atoms with Gasteiger partial charge in [-0.05, 0) is 17.7 Å². The van der Waals surface area contributed by atoms with Gasteiger partial charge in [0, 0.05) is 24.1 Å². The van der Waals surface area contributed by atoms with Crippen LogP contribution in [0.25, 0.3) is 0 Å². The predicted molar refractivity (Wildman–Crippen MR) is 70.3 cm³/mol. The highest BCUT2D eigenvalue weighted by Gasteiger charge is 2.45. The number of fused-ring (bicyclic) bond motifs is 1. The van der Waals surface area contributed by atoms with E-state index in [1.807, 2.05) is 18.2 Å². The van der Waals surface area contributed by atoms with Crippen LogP contribution in [0.15, 0.2) is 35.7 Å². The molecule has 0 unspecified atom stereocenters. The highest BCUT2D eigenvalue weighted by molar-refractivity contribution is 8.00. The summed E-state index contributed by atoms with van der Waals surface area (Å²) >= 11 is 1.62. The number of aromatic nitrogens is 1. The first-order valence-corrected chi connectivity index (χ1v) is 7.00. The SMILES string of the molecule is O=C(O)C1=C(Cc2ccccn2)CS[C@@H]2CC(=O)N12. The molecule has 0 saturated carbocycles. The number of carbonyl (C=O) groups excluding carboxylic acids is 1. The first-order valence-electron chi connectivity index (χ1n) is 5.95. The molecule has 0 aromatic carbocycles. The van der Waals surface area contributed by atoms with Gasteiger partial charge in [0.15, 0.2) is 0 Å². The number of nitrogens with zero attached hydrogens (tertiary/aromatic N) is 2. The molecule has 1 aromatic heterocycles. The number of carboxylic acids is 1. The lowest BCUT2D eigenvalue weighted by Crippen LogP contribution is -2.54. The Labute approximate surface area is 114 Å². The summed E-state index contributed by atoms with van der Waals surface area (Å²) in [5.74, 6) is -0.482. The third-order valence-electron chi connectivity index (χ3n) is 3.25. The molecule has 1 N–H and O–H groups in total. The second-order valence-corrected chi connectivity index (χ2v) is 5.65. The average molecular weight is 276 g/mol. The minimum atomic E-state index is -1.02. The Hall–Kier alpha value is -1.82. The predicted octanol–water partition coefficient (Wildman–Crippen LogP) is 1.27. The average Bonchev–Trinajstić information content (AvgIpc) is 2.39. The van der Waals surface area contributed by atoms with Crippen LogP contribution in [0.5, 0.6) is 0 Å². The van der Waals surface area contributed by atoms with Crippen LogP contribution < -0.4 is 0 Å². The lowest BCUT2D eigenvalue weighted by atomic mass is 10.0. The lowest BCUT2D eigenvalue weighted by Gasteiger charge is -2.44. The van der Waals surface area contributed by atoms with E-state index in [4.69, 9.17) is 0 Å². The molecular formula is C13H12N2O3S. The Morgan fingerprint density at radius 2 is 2.37 bits per heavy atom. The molecule has 1 atom stereocenters. The van der Waals surface area contributed by atoms with E-state index >= 15 is 0 Å². The zero-order chi connectivity index (χ0) is 13.4. The van der Waals surface area contributed by atoms with Crippen molar-refractivity contribution >= 4 is 23.6 Å². The molecule has 2 aliphatic heterocycles. The number of rotatable bonds is 3. The zero-order valence-corrected chi connectivity index (χ0v) is 10.9. The van der Waals surface area contributed by atoms with Crippen molar-refractivity contribution in [3.05, 3.63) is 41.4 Å². The quantitative estimate of drug-likeness (QED) is 0.842. The van der Waals surface area contributed by atoms with Crippen molar-refractivity contribution < 1.29 is 14.7 Å². The van der Waals surface area contributed by atoms with Crippen LogP contribution in [-0.2, 0) is 16.0 Å². The van der Waals surface area contributed by atoms with E-state index in [2.05, 4.69) is 4.98 Å². The van der Waals surface area contributed by atoms with Crippen LogP contribution in [0, 0.1) is 0 Å². The molecule has 98 valence electrons. The van der Waals surface area contributed by atoms with Gasteiger partial charge in [0.05, 0.1) is 11.8 Å². The normalized spacial score (nSPS) is 22.0. The van der Waals surface area contributed by atoms with E-state index in [0.29, 0.717) is 18.6 Å². The van der Waals surface area contributed by atoms with Crippen molar-refractivity contribution in [1.82, 2.24) is 9.88 Å². The van der Waals surface area contributed by atoms with Crippen molar-refractivity contribution in [1.29, 1.82) is 0 Å². The second kappa shape index (κ2) is 4.70. The molecule has 0 aliphatic carbocycles. The molecule has 5 nitrogen and oxygen atoms in total. The fourth-order valence-electron chi connectivity index (χ4n) is 2.34. The van der Waals surface area contributed by atoms with Gasteiger partial charge in [-0.15, -0.1) is 11.8 Å². The third kappa shape index (κ3) is 2.12. The van der Waals surface area contributed by atoms with Crippen LogP contribution >= 0.6 is 11.8 Å². The van der Waals surface area contributed by atoms with Crippen molar-refractivity contribution in [2.45, 2.75) is 18.2 Å². The Morgan fingerprint density at radius 1 is 1.53 bits per heavy atom. The summed E-state index contributed by atoms with van der Waals surface area (Å²) in [4.78, 5) is 28.6. The molecule has 3 rings (SSSR count). The summed E-state index contributed by atoms with van der Waals surface area (Å²) in [6.45, 7) is 0. The summed E-state index contributed by atoms with van der Waals surface area (Å²) in [6, 6.07) is 5.55. The van der Waals surface area contributed by atoms with Gasteiger partial charge in [-0.25, -0.2) is 4.79 Å². The van der Waals surface area contributed by atoms with Crippen molar-refractivity contribution in [3.63, 3.8) is 0 Å². The Bertz CT molecular complexity index is 571. The van der Waals surface area contributed by atoms with E-state index in [-0.39, 0.29) is 17.0 Å². The van der Waals surface area contributed by atoms with Gasteiger partial charge in [-0.1, -0.05) is 6.07 Å². The Kier molecular flexibility index (Phi) is 3.02. The van der Waals surface area contributed by atoms with Crippen molar-refractivity contribution in [3.8, 4) is 0 Å². The van der Waals surface area contributed by atoms with E-state index in [1.54, 1.807) is 18.0 Å². The van der Waals surface area contributed by atoms with Crippen LogP contribution in [0.2, 0.25) is 0 Å². The van der Waals surface area contributed by atoms with E-state index in [0.717, 1.165) is 11.3 Å². The summed E-state index contributed by atoms with van der Waals surface area (Å²) in [5, 5.41) is 9.35. The number of thioether (sulfide) groups is 1. The fraction of sp³-hybridized carbons (Fsp3) is 0.308. The number of hydrogen-bond acceptors (Lipinski definition) is 4. The molecule has 0 radical (unpaired) electrons. The molecular weight excluding hydrogens is 264 g/mol. The first-order chi connectivity index (χ1) is 9.16. The maximum atomic E-state index is 11.6. The minimum Gasteiger partial charge on any atom is -0.477 e. The van der Waals surface area contributed by atoms with E-state index < -0.39 is 5.97 Å². The summed E-state index contributed by atoms with van der Waals surface area (Å²) < 4.78 is 0. The molecule has 19 heavy (non-hydrogen) atoms. The summed E-state index contributed by atoms with van der Waals surface area (Å²) in [6.07, 6.45) is 2.61. The molecule has 0 bridgehead atoms. The van der Waals surface area contributed by atoms with Crippen molar-refractivity contribution in [2.24, 2.45) is 0 Å². The van der Waals surface area contributed by atoms with Gasteiger partial charge < -0.3 is 5.11 Å². The van der Waals surface area contributed by atoms with Crippen LogP contribution in [0.4, 0.5) is 0 Å². The second-order valence-electron chi connectivity index (χ2n) is 4.49. The van der Waals surface area contributed by atoms with Gasteiger partial charge in [-0.2, -0.15) is 0 Å². The lowest BCUT2D eigenvalue weighted by molar-refractivity contribution is -0.146. The van der Waals surface area contributed by atoms with Crippen molar-refractivity contribution in [2.75, 3.05) is 5.75 Å². The topological polar surface area (TPSA) is 70.5 Å². The van der Waals surface area contributed by atoms with E-state index in [1.165, 1.54) is 4.90 Å². The molecule has 1 aromatic rings. The summed E-state index contributed by atoms with van der Waals surface area (Å²) in [7, 11) is 0. The fourth-order valence-corrected chi connectivity index (χ4v) is 3.60. The van der Waals surface area contributed by atoms with Gasteiger partial charge in [-0.3, -0.25) is 14.7 Å². The van der Waals surface area contributed by atoms with Crippen LogP contribution in [0.1, 0.15) is 12.1 Å². The molecule has 3 heterocycles. The smallest absolute Gasteiger partial charge is 0.352 e. The van der Waals surface area contributed by atoms with Gasteiger partial charge in [0.2, 0.25) is 5.91 Å². The molecule has 1 fully saturated rings. The maximum Gasteiger partial charge on any atom is 0.352 e. The van der Waals surface area contributed by atoms with Gasteiger partial charge in [0.1, 0.15) is 5.70 Å². The number of hydrogen-bond donors (Lipinski definition) is 1. The Morgan fingerprint density at radius 3 is 3.00 bits per heavy atom. The standard InChI is InChI=1S/C13H12N2O3S/c16-10-6-11-15(10)12(13(17)18)8(7-19-11)5-9-3-1-2-4-14-9/h1-4,11H,5-7H2,(H,17,18)/t11-/m1/s1. The number of β-lactam (4-membered cyclic amide) rings is 1. The molecule has 0 spiro atoms. The third-order valence-corrected chi connectivity index (χ3v) is 4.53. The minimum absolute atomic E-state index is 0.00563. The number of pyridine rings is 1. The van der Waals surface area contributed by atoms with Crippen LogP contribution in [0.3, 0.4) is 0 Å². The zero-order valence-electron chi connectivity index (χ0n) is 10.1. The van der Waals surface area contributed by atoms with Gasteiger partial charge >= 0.3 is 5.97 Å². The Balaban J connectivity index is 1.94. The molecule has 2 aliphatic rings. The van der Waals surface area contributed by atoms with Crippen LogP contribution in [-0.4, -0.2) is 38.0 Å². The number of carboxylic acid groups (broad SMARTS) is 1. The first kappa shape index (κ1) is 12.2. The highest BCUT2D eigenvalue weighted by atomic mass is 32.2. The highest BCUT2D eigenvalue weighted by Crippen LogP contribution is 2.40. The monoisotopic (exact) mass is 276 g/mol. The number of aliphatic carboxylic acids is 1. The molecule has 1 saturated heterocycles. The number of amides is 1. The molecule has 6 heteroatoms. The molecule has 1 amide bonds. The van der Waals surface area contributed by atoms with E-state index in [9.17, 15) is 14.7 Å².